The Balaban J connectivity index is 1.44. The van der Waals surface area contributed by atoms with E-state index >= 15 is 0 Å². The van der Waals surface area contributed by atoms with Crippen molar-refractivity contribution in [1.82, 2.24) is 19.2 Å². The molecule has 2 aliphatic rings. The zero-order valence-electron chi connectivity index (χ0n) is 22.0. The zero-order valence-corrected chi connectivity index (χ0v) is 22.8. The minimum absolute atomic E-state index is 0.0840. The molecule has 0 saturated carbocycles. The Bertz CT molecular complexity index is 1240. The molecule has 3 heterocycles. The summed E-state index contributed by atoms with van der Waals surface area (Å²) >= 11 is 0. The van der Waals surface area contributed by atoms with E-state index in [2.05, 4.69) is 10.6 Å². The molecule has 2 fully saturated rings. The molecule has 38 heavy (non-hydrogen) atoms. The Kier molecular flexibility index (Phi) is 8.86. The van der Waals surface area contributed by atoms with Crippen LogP contribution in [-0.2, 0) is 24.5 Å². The fourth-order valence-electron chi connectivity index (χ4n) is 4.82. The van der Waals surface area contributed by atoms with Crippen molar-refractivity contribution < 1.29 is 32.0 Å². The van der Waals surface area contributed by atoms with Crippen molar-refractivity contribution in [3.63, 3.8) is 0 Å². The fourth-order valence-corrected chi connectivity index (χ4v) is 6.58. The first-order chi connectivity index (χ1) is 18.1. The van der Waals surface area contributed by atoms with Gasteiger partial charge in [-0.25, -0.2) is 0 Å². The molecule has 2 amide bonds. The molecule has 1 aromatic carbocycles. The van der Waals surface area contributed by atoms with Crippen LogP contribution in [-0.4, -0.2) is 85.6 Å². The molecule has 2 saturated heterocycles. The maximum Gasteiger partial charge on any atom is 0.287 e. The molecule has 1 aromatic heterocycles. The summed E-state index contributed by atoms with van der Waals surface area (Å²) in [6.07, 6.45) is 1.06. The Hall–Kier alpha value is -2.80. The van der Waals surface area contributed by atoms with Gasteiger partial charge in [-0.1, -0.05) is 32.0 Å². The number of ether oxygens (including phenoxy) is 1. The third kappa shape index (κ3) is 6.42. The summed E-state index contributed by atoms with van der Waals surface area (Å²) in [5.74, 6) is -1.22. The van der Waals surface area contributed by atoms with E-state index in [-0.39, 0.29) is 37.1 Å². The van der Waals surface area contributed by atoms with Crippen LogP contribution in [0.15, 0.2) is 34.7 Å². The molecule has 208 valence electrons. The summed E-state index contributed by atoms with van der Waals surface area (Å²) in [7, 11) is -3.85. The average molecular weight is 549 g/mol. The highest BCUT2D eigenvalue weighted by Crippen LogP contribution is 2.23. The number of hydrogen-bond donors (Lipinski definition) is 2. The fraction of sp³-hybridized carbons (Fsp3) is 0.577. The largest absolute Gasteiger partial charge is 0.451 e. The van der Waals surface area contributed by atoms with Crippen LogP contribution in [0.25, 0.3) is 11.0 Å². The second-order valence-corrected chi connectivity index (χ2v) is 12.2. The first-order valence-corrected chi connectivity index (χ1v) is 14.4. The second-order valence-electron chi connectivity index (χ2n) is 10.3. The molecule has 0 spiro atoms. The van der Waals surface area contributed by atoms with Crippen LogP contribution >= 0.6 is 0 Å². The lowest BCUT2D eigenvalue weighted by Gasteiger charge is -2.33. The van der Waals surface area contributed by atoms with Gasteiger partial charge in [0, 0.05) is 24.5 Å². The Morgan fingerprint density at radius 3 is 2.53 bits per heavy atom. The van der Waals surface area contributed by atoms with Crippen molar-refractivity contribution in [3.8, 4) is 0 Å². The molecule has 12 heteroatoms. The lowest BCUT2D eigenvalue weighted by atomic mass is 10.0. The number of benzene rings is 1. The van der Waals surface area contributed by atoms with E-state index in [1.165, 1.54) is 8.61 Å². The highest BCUT2D eigenvalue weighted by Gasteiger charge is 2.40. The van der Waals surface area contributed by atoms with Crippen LogP contribution in [0.1, 0.15) is 50.6 Å². The Morgan fingerprint density at radius 1 is 1.13 bits per heavy atom. The highest BCUT2D eigenvalue weighted by molar-refractivity contribution is 7.86. The molecule has 0 radical (unpaired) electrons. The third-order valence-corrected chi connectivity index (χ3v) is 9.05. The summed E-state index contributed by atoms with van der Waals surface area (Å²) in [5.41, 5.74) is 0.567. The summed E-state index contributed by atoms with van der Waals surface area (Å²) in [5, 5.41) is 6.31. The van der Waals surface area contributed by atoms with Crippen molar-refractivity contribution >= 4 is 38.8 Å². The molecule has 2 aliphatic heterocycles. The van der Waals surface area contributed by atoms with Gasteiger partial charge in [-0.05, 0) is 44.2 Å². The number of furan rings is 1. The third-order valence-electron chi connectivity index (χ3n) is 6.95. The SMILES string of the molecule is CC(C)C[C@H](NC(=O)c1cc2ccccc2o1)C(=O)N[C@H]1CC[C@@H](C)N(S(=O)(=O)N2CCOCC2)CC1=O. The number of carbonyl (C=O) groups is 3. The van der Waals surface area contributed by atoms with E-state index in [9.17, 15) is 22.8 Å². The van der Waals surface area contributed by atoms with Crippen molar-refractivity contribution in [2.75, 3.05) is 32.8 Å². The Morgan fingerprint density at radius 2 is 1.84 bits per heavy atom. The molecular weight excluding hydrogens is 512 g/mol. The quantitative estimate of drug-likeness (QED) is 0.512. The van der Waals surface area contributed by atoms with Crippen molar-refractivity contribution in [2.45, 2.75) is 58.2 Å². The van der Waals surface area contributed by atoms with Gasteiger partial charge in [0.05, 0.1) is 25.8 Å². The first-order valence-electron chi connectivity index (χ1n) is 13.0. The van der Waals surface area contributed by atoms with Gasteiger partial charge in [-0.3, -0.25) is 14.4 Å². The topological polar surface area (TPSA) is 138 Å². The number of amides is 2. The number of fused-ring (bicyclic) bond motifs is 1. The molecular formula is C26H36N4O7S. The van der Waals surface area contributed by atoms with Gasteiger partial charge in [-0.2, -0.15) is 17.0 Å². The summed E-state index contributed by atoms with van der Waals surface area (Å²) < 4.78 is 39.9. The molecule has 2 N–H and O–H groups in total. The normalized spacial score (nSPS) is 22.8. The molecule has 4 rings (SSSR count). The minimum atomic E-state index is -3.85. The highest BCUT2D eigenvalue weighted by atomic mass is 32.2. The van der Waals surface area contributed by atoms with Crippen molar-refractivity contribution in [2.24, 2.45) is 5.92 Å². The molecule has 0 bridgehead atoms. The number of hydrogen-bond acceptors (Lipinski definition) is 7. The van der Waals surface area contributed by atoms with Crippen LogP contribution in [0.5, 0.6) is 0 Å². The number of rotatable bonds is 8. The van der Waals surface area contributed by atoms with Gasteiger partial charge in [0.25, 0.3) is 16.1 Å². The first kappa shape index (κ1) is 28.2. The van der Waals surface area contributed by atoms with Crippen LogP contribution in [0, 0.1) is 5.92 Å². The van der Waals surface area contributed by atoms with Crippen LogP contribution < -0.4 is 10.6 Å². The zero-order chi connectivity index (χ0) is 27.4. The number of carbonyl (C=O) groups excluding carboxylic acids is 3. The van der Waals surface area contributed by atoms with E-state index < -0.39 is 40.1 Å². The lowest BCUT2D eigenvalue weighted by Crippen LogP contribution is -2.54. The van der Waals surface area contributed by atoms with Crippen LogP contribution in [0.2, 0.25) is 0 Å². The van der Waals surface area contributed by atoms with Crippen LogP contribution in [0.4, 0.5) is 0 Å². The van der Waals surface area contributed by atoms with E-state index in [0.29, 0.717) is 38.1 Å². The van der Waals surface area contributed by atoms with Gasteiger partial charge >= 0.3 is 0 Å². The Labute approximate surface area is 223 Å². The van der Waals surface area contributed by atoms with Crippen molar-refractivity contribution in [3.05, 3.63) is 36.1 Å². The minimum Gasteiger partial charge on any atom is -0.451 e. The summed E-state index contributed by atoms with van der Waals surface area (Å²) in [6, 6.07) is 6.69. The number of morpholine rings is 1. The number of Topliss-reactive ketones (excluding diaryl/α,β-unsaturated/α-hetero) is 1. The van der Waals surface area contributed by atoms with Gasteiger partial charge in [0.2, 0.25) is 5.91 Å². The summed E-state index contributed by atoms with van der Waals surface area (Å²) in [6.45, 7) is 6.40. The second kappa shape index (κ2) is 11.9. The standard InChI is InChI=1S/C26H36N4O7S/c1-17(2)14-21(28-26(33)24-15-19-6-4-5-7-23(19)37-24)25(32)27-20-9-8-18(3)30(16-22(20)31)38(34,35)29-10-12-36-13-11-29/h4-7,15,17-18,20-21H,8-14,16H2,1-3H3,(H,27,32)(H,28,33)/t18-,20+,21+/m1/s1. The predicted molar refractivity (Wildman–Crippen MR) is 141 cm³/mol. The molecule has 3 atom stereocenters. The van der Waals surface area contributed by atoms with E-state index in [0.717, 1.165) is 5.39 Å². The molecule has 0 aliphatic carbocycles. The van der Waals surface area contributed by atoms with Crippen molar-refractivity contribution in [1.29, 1.82) is 0 Å². The average Bonchev–Trinajstić information content (AvgIpc) is 3.27. The van der Waals surface area contributed by atoms with Gasteiger partial charge in [0.1, 0.15) is 11.6 Å². The number of nitrogens with one attached hydrogen (secondary N) is 2. The maximum atomic E-state index is 13.3. The van der Waals surface area contributed by atoms with Gasteiger partial charge < -0.3 is 19.8 Å². The monoisotopic (exact) mass is 548 g/mol. The molecule has 11 nitrogen and oxygen atoms in total. The number of ketones is 1. The van der Waals surface area contributed by atoms with Crippen LogP contribution in [0.3, 0.4) is 0 Å². The smallest absolute Gasteiger partial charge is 0.287 e. The van der Waals surface area contributed by atoms with E-state index in [4.69, 9.17) is 9.15 Å². The number of para-hydroxylation sites is 1. The van der Waals surface area contributed by atoms with Gasteiger partial charge in [-0.15, -0.1) is 0 Å². The van der Waals surface area contributed by atoms with E-state index in [1.54, 1.807) is 25.1 Å². The van der Waals surface area contributed by atoms with E-state index in [1.807, 2.05) is 26.0 Å². The maximum absolute atomic E-state index is 13.3. The predicted octanol–water partition coefficient (Wildman–Crippen LogP) is 1.69. The summed E-state index contributed by atoms with van der Waals surface area (Å²) in [4.78, 5) is 39.4. The van der Waals surface area contributed by atoms with Gasteiger partial charge in [0.15, 0.2) is 11.5 Å². The number of nitrogens with zero attached hydrogens (tertiary/aromatic N) is 2. The molecule has 0 unspecified atom stereocenters. The lowest BCUT2D eigenvalue weighted by molar-refractivity contribution is -0.129. The molecule has 2 aromatic rings.